The fraction of sp³-hybridized carbons (Fsp3) is 0.391. The number of sulfonamides is 1. The van der Waals surface area contributed by atoms with E-state index >= 15 is 0 Å². The first-order chi connectivity index (χ1) is 14.4. The van der Waals surface area contributed by atoms with Crippen LogP contribution < -0.4 is 4.74 Å². The molecule has 6 nitrogen and oxygen atoms in total. The zero-order valence-electron chi connectivity index (χ0n) is 17.4. The summed E-state index contributed by atoms with van der Waals surface area (Å²) in [6.07, 6.45) is 3.52. The Kier molecular flexibility index (Phi) is 5.86. The molecule has 1 saturated heterocycles. The fourth-order valence-electron chi connectivity index (χ4n) is 4.18. The van der Waals surface area contributed by atoms with E-state index in [1.165, 1.54) is 0 Å². The first kappa shape index (κ1) is 20.9. The van der Waals surface area contributed by atoms with E-state index in [1.54, 1.807) is 28.6 Å². The van der Waals surface area contributed by atoms with Crippen LogP contribution in [0.4, 0.5) is 0 Å². The molecule has 0 radical (unpaired) electrons. The molecule has 4 rings (SSSR count). The van der Waals surface area contributed by atoms with Gasteiger partial charge in [0.2, 0.25) is 10.0 Å². The molecule has 0 spiro atoms. The Morgan fingerprint density at radius 1 is 1.07 bits per heavy atom. The highest BCUT2D eigenvalue weighted by atomic mass is 32.2. The summed E-state index contributed by atoms with van der Waals surface area (Å²) in [5.41, 5.74) is 1.99. The van der Waals surface area contributed by atoms with Crippen LogP contribution in [0.1, 0.15) is 38.3 Å². The molecule has 3 aromatic rings. The Bertz CT molecular complexity index is 1110. The average molecular weight is 429 g/mol. The van der Waals surface area contributed by atoms with Crippen molar-refractivity contribution >= 4 is 20.9 Å². The summed E-state index contributed by atoms with van der Waals surface area (Å²) >= 11 is 0. The van der Waals surface area contributed by atoms with E-state index in [-0.39, 0.29) is 18.8 Å². The molecule has 2 heterocycles. The van der Waals surface area contributed by atoms with Crippen molar-refractivity contribution in [2.45, 2.75) is 50.3 Å². The maximum atomic E-state index is 13.1. The molecule has 1 aromatic heterocycles. The van der Waals surface area contributed by atoms with Gasteiger partial charge in [0.25, 0.3) is 0 Å². The van der Waals surface area contributed by atoms with Gasteiger partial charge in [-0.05, 0) is 57.0 Å². The Hall–Kier alpha value is -2.35. The maximum absolute atomic E-state index is 13.1. The first-order valence-electron chi connectivity index (χ1n) is 10.4. The van der Waals surface area contributed by atoms with Gasteiger partial charge in [-0.25, -0.2) is 8.42 Å². The second kappa shape index (κ2) is 8.41. The van der Waals surface area contributed by atoms with E-state index < -0.39 is 10.0 Å². The highest BCUT2D eigenvalue weighted by molar-refractivity contribution is 7.89. The lowest BCUT2D eigenvalue weighted by Gasteiger charge is -2.32. The third kappa shape index (κ3) is 3.97. The SMILES string of the molecule is CC(C)Oc1ccc(S(=O)(=O)N2CCC(n3cc(CO)c4ccccc43)CC2)cc1. The highest BCUT2D eigenvalue weighted by Gasteiger charge is 2.30. The molecule has 1 fully saturated rings. The summed E-state index contributed by atoms with van der Waals surface area (Å²) in [6.45, 7) is 4.81. The van der Waals surface area contributed by atoms with Crippen LogP contribution in [-0.2, 0) is 16.6 Å². The summed E-state index contributed by atoms with van der Waals surface area (Å²) in [7, 11) is -3.53. The van der Waals surface area contributed by atoms with E-state index in [2.05, 4.69) is 10.6 Å². The van der Waals surface area contributed by atoms with Crippen LogP contribution >= 0.6 is 0 Å². The van der Waals surface area contributed by atoms with Crippen LogP contribution in [0.25, 0.3) is 10.9 Å². The second-order valence-corrected chi connectivity index (χ2v) is 9.95. The van der Waals surface area contributed by atoms with Gasteiger partial charge in [0.05, 0.1) is 17.6 Å². The number of nitrogens with zero attached hydrogens (tertiary/aromatic N) is 2. The number of aromatic nitrogens is 1. The molecule has 2 aromatic carbocycles. The summed E-state index contributed by atoms with van der Waals surface area (Å²) in [5.74, 6) is 0.668. The quantitative estimate of drug-likeness (QED) is 0.645. The minimum atomic E-state index is -3.53. The van der Waals surface area contributed by atoms with E-state index in [0.717, 1.165) is 29.3 Å². The van der Waals surface area contributed by atoms with Gasteiger partial charge in [-0.15, -0.1) is 0 Å². The third-order valence-electron chi connectivity index (χ3n) is 5.64. The lowest BCUT2D eigenvalue weighted by atomic mass is 10.1. The minimum absolute atomic E-state index is 0.00272. The Balaban J connectivity index is 1.49. The van der Waals surface area contributed by atoms with Crippen LogP contribution in [-0.4, -0.2) is 41.6 Å². The van der Waals surface area contributed by atoms with Crippen LogP contribution in [0, 0.1) is 0 Å². The molecule has 0 atom stereocenters. The first-order valence-corrected chi connectivity index (χ1v) is 11.8. The van der Waals surface area contributed by atoms with E-state index in [0.29, 0.717) is 23.7 Å². The Labute approximate surface area is 177 Å². The number of fused-ring (bicyclic) bond motifs is 1. The molecule has 0 unspecified atom stereocenters. The molecule has 0 bridgehead atoms. The molecule has 7 heteroatoms. The number of piperidine rings is 1. The van der Waals surface area contributed by atoms with Crippen molar-refractivity contribution in [2.75, 3.05) is 13.1 Å². The van der Waals surface area contributed by atoms with Crippen LogP contribution in [0.15, 0.2) is 59.6 Å². The van der Waals surface area contributed by atoms with Crippen molar-refractivity contribution in [3.63, 3.8) is 0 Å². The van der Waals surface area contributed by atoms with Gasteiger partial charge in [-0.1, -0.05) is 18.2 Å². The summed E-state index contributed by atoms with van der Waals surface area (Å²) in [6, 6.07) is 14.9. The number of rotatable bonds is 6. The van der Waals surface area contributed by atoms with Gasteiger partial charge >= 0.3 is 0 Å². The van der Waals surface area contributed by atoms with Crippen molar-refractivity contribution in [3.8, 4) is 5.75 Å². The lowest BCUT2D eigenvalue weighted by molar-refractivity contribution is 0.242. The Morgan fingerprint density at radius 3 is 2.37 bits per heavy atom. The van der Waals surface area contributed by atoms with Gasteiger partial charge in [-0.2, -0.15) is 4.31 Å². The summed E-state index contributed by atoms with van der Waals surface area (Å²) in [4.78, 5) is 0.297. The average Bonchev–Trinajstić information content (AvgIpc) is 3.13. The number of ether oxygens (including phenoxy) is 1. The van der Waals surface area contributed by atoms with Crippen LogP contribution in [0.5, 0.6) is 5.75 Å². The predicted octanol–water partition coefficient (Wildman–Crippen LogP) is 3.95. The molecular formula is C23H28N2O4S. The third-order valence-corrected chi connectivity index (χ3v) is 7.56. The van der Waals surface area contributed by atoms with Crippen molar-refractivity contribution in [1.29, 1.82) is 0 Å². The largest absolute Gasteiger partial charge is 0.491 e. The van der Waals surface area contributed by atoms with Gasteiger partial charge in [-0.3, -0.25) is 0 Å². The molecule has 30 heavy (non-hydrogen) atoms. The maximum Gasteiger partial charge on any atom is 0.243 e. The van der Waals surface area contributed by atoms with Gasteiger partial charge in [0.15, 0.2) is 0 Å². The van der Waals surface area contributed by atoms with E-state index in [1.807, 2.05) is 38.2 Å². The van der Waals surface area contributed by atoms with Crippen molar-refractivity contribution in [1.82, 2.24) is 8.87 Å². The summed E-state index contributed by atoms with van der Waals surface area (Å²) < 4.78 is 35.5. The van der Waals surface area contributed by atoms with E-state index in [4.69, 9.17) is 4.74 Å². The number of aliphatic hydroxyl groups is 1. The lowest BCUT2D eigenvalue weighted by Crippen LogP contribution is -2.38. The van der Waals surface area contributed by atoms with Crippen molar-refractivity contribution in [2.24, 2.45) is 0 Å². The molecular weight excluding hydrogens is 400 g/mol. The van der Waals surface area contributed by atoms with Crippen molar-refractivity contribution in [3.05, 3.63) is 60.3 Å². The molecule has 160 valence electrons. The number of para-hydroxylation sites is 1. The Morgan fingerprint density at radius 2 is 1.73 bits per heavy atom. The molecule has 0 aliphatic carbocycles. The van der Waals surface area contributed by atoms with Gasteiger partial charge in [0.1, 0.15) is 5.75 Å². The zero-order chi connectivity index (χ0) is 21.3. The normalized spacial score (nSPS) is 16.4. The molecule has 1 N–H and O–H groups in total. The summed E-state index contributed by atoms with van der Waals surface area (Å²) in [5, 5.41) is 10.7. The zero-order valence-corrected chi connectivity index (χ0v) is 18.2. The molecule has 0 amide bonds. The molecule has 0 saturated carbocycles. The smallest absolute Gasteiger partial charge is 0.243 e. The predicted molar refractivity (Wildman–Crippen MR) is 117 cm³/mol. The number of hydrogen-bond acceptors (Lipinski definition) is 4. The topological polar surface area (TPSA) is 71.8 Å². The minimum Gasteiger partial charge on any atom is -0.491 e. The number of benzene rings is 2. The standard InChI is InChI=1S/C23H28N2O4S/c1-17(2)29-20-7-9-21(10-8-20)30(27,28)24-13-11-19(12-14-24)25-15-18(16-26)22-5-3-4-6-23(22)25/h3-10,15,17,19,26H,11-14,16H2,1-2H3. The van der Waals surface area contributed by atoms with Crippen LogP contribution in [0.2, 0.25) is 0 Å². The van der Waals surface area contributed by atoms with Gasteiger partial charge in [0, 0.05) is 41.8 Å². The molecule has 1 aliphatic rings. The molecule has 1 aliphatic heterocycles. The monoisotopic (exact) mass is 428 g/mol. The highest BCUT2D eigenvalue weighted by Crippen LogP contribution is 2.32. The van der Waals surface area contributed by atoms with Gasteiger partial charge < -0.3 is 14.4 Å². The number of aliphatic hydroxyl groups excluding tert-OH is 1. The fourth-order valence-corrected chi connectivity index (χ4v) is 5.65. The van der Waals surface area contributed by atoms with E-state index in [9.17, 15) is 13.5 Å². The second-order valence-electron chi connectivity index (χ2n) is 8.01. The van der Waals surface area contributed by atoms with Crippen molar-refractivity contribution < 1.29 is 18.3 Å². The van der Waals surface area contributed by atoms with Crippen LogP contribution in [0.3, 0.4) is 0 Å². The number of hydrogen-bond donors (Lipinski definition) is 1.